The van der Waals surface area contributed by atoms with Crippen LogP contribution in [0.2, 0.25) is 0 Å². The molecule has 0 aliphatic heterocycles. The largest absolute Gasteiger partial charge is 0.361 e. The number of benzene rings is 2. The van der Waals surface area contributed by atoms with E-state index in [4.69, 9.17) is 0 Å². The topological polar surface area (TPSA) is 15.8 Å². The van der Waals surface area contributed by atoms with Gasteiger partial charge in [-0.15, -0.1) is 0 Å². The highest BCUT2D eigenvalue weighted by molar-refractivity contribution is 5.65. The van der Waals surface area contributed by atoms with E-state index in [0.29, 0.717) is 0 Å². The molecule has 0 amide bonds. The molecule has 4 aliphatic rings. The summed E-state index contributed by atoms with van der Waals surface area (Å²) in [5.41, 5.74) is 8.33. The molecule has 7 rings (SSSR count). The Bertz CT molecular complexity index is 736. The predicted octanol–water partition coefficient (Wildman–Crippen LogP) is 4.57. The minimum atomic E-state index is 1.09. The van der Waals surface area contributed by atoms with Crippen LogP contribution in [0.25, 0.3) is 11.3 Å². The summed E-state index contributed by atoms with van der Waals surface area (Å²) in [6.07, 6.45) is 6.42. The van der Waals surface area contributed by atoms with Crippen molar-refractivity contribution in [3.8, 4) is 11.3 Å². The molecular formula is C20H19N. The molecule has 1 aromatic heterocycles. The fraction of sp³-hybridized carbons (Fsp3) is 0.200. The van der Waals surface area contributed by atoms with Gasteiger partial charge in [0.05, 0.1) is 0 Å². The maximum absolute atomic E-state index is 3.36. The lowest BCUT2D eigenvalue weighted by Gasteiger charge is -2.13. The maximum atomic E-state index is 3.36. The van der Waals surface area contributed by atoms with Crippen LogP contribution in [0.5, 0.6) is 0 Å². The van der Waals surface area contributed by atoms with E-state index in [9.17, 15) is 0 Å². The summed E-state index contributed by atoms with van der Waals surface area (Å²) in [6, 6.07) is 20.4. The number of H-pyrrole nitrogens is 1. The van der Waals surface area contributed by atoms with Gasteiger partial charge in [0.25, 0.3) is 0 Å². The zero-order chi connectivity index (χ0) is 14.1. The molecule has 0 radical (unpaired) electrons. The van der Waals surface area contributed by atoms with Crippen LogP contribution >= 0.6 is 0 Å². The summed E-state index contributed by atoms with van der Waals surface area (Å²) in [5, 5.41) is 0. The van der Waals surface area contributed by atoms with Crippen molar-refractivity contribution in [2.45, 2.75) is 25.7 Å². The van der Waals surface area contributed by atoms with Crippen molar-refractivity contribution in [2.75, 3.05) is 0 Å². The normalized spacial score (nSPS) is 13.9. The van der Waals surface area contributed by atoms with Gasteiger partial charge >= 0.3 is 0 Å². The number of aromatic nitrogens is 1. The van der Waals surface area contributed by atoms with Crippen LogP contribution in [0.3, 0.4) is 0 Å². The number of aryl methyl sites for hydroxylation is 4. The molecule has 0 unspecified atom stereocenters. The van der Waals surface area contributed by atoms with Gasteiger partial charge in [0.2, 0.25) is 0 Å². The molecule has 21 heavy (non-hydrogen) atoms. The van der Waals surface area contributed by atoms with E-state index in [-0.39, 0.29) is 0 Å². The van der Waals surface area contributed by atoms with Crippen molar-refractivity contribution < 1.29 is 0 Å². The third-order valence-corrected chi connectivity index (χ3v) is 4.47. The van der Waals surface area contributed by atoms with Gasteiger partial charge in [-0.2, -0.15) is 0 Å². The van der Waals surface area contributed by atoms with E-state index < -0.39 is 0 Å². The fourth-order valence-corrected chi connectivity index (χ4v) is 3.19. The maximum Gasteiger partial charge on any atom is 0.0456 e. The Balaban J connectivity index is 1.79. The lowest BCUT2D eigenvalue weighted by atomic mass is 9.92. The molecule has 1 nitrogen and oxygen atoms in total. The Labute approximate surface area is 125 Å². The molecule has 0 spiro atoms. The SMILES string of the molecule is c1c[nH]c(-c2cc3ccc2CCc2ccc(cc2)CC3)c1. The van der Waals surface area contributed by atoms with Gasteiger partial charge in [-0.3, -0.25) is 0 Å². The molecular weight excluding hydrogens is 254 g/mol. The molecule has 0 atom stereocenters. The Kier molecular flexibility index (Phi) is 3.11. The summed E-state index contributed by atoms with van der Waals surface area (Å²) in [7, 11) is 0. The van der Waals surface area contributed by atoms with Crippen LogP contribution in [0.15, 0.2) is 60.8 Å². The van der Waals surface area contributed by atoms with E-state index in [1.807, 2.05) is 6.20 Å². The summed E-state index contributed by atoms with van der Waals surface area (Å²) in [5.74, 6) is 0. The van der Waals surface area contributed by atoms with Gasteiger partial charge in [-0.1, -0.05) is 36.4 Å². The molecule has 1 N–H and O–H groups in total. The zero-order valence-electron chi connectivity index (χ0n) is 12.1. The molecule has 0 saturated carbocycles. The molecule has 4 bridgehead atoms. The second kappa shape index (κ2) is 5.25. The van der Waals surface area contributed by atoms with Crippen LogP contribution in [-0.4, -0.2) is 4.98 Å². The molecule has 4 aliphatic carbocycles. The minimum absolute atomic E-state index is 1.09. The van der Waals surface area contributed by atoms with Crippen molar-refractivity contribution in [3.63, 3.8) is 0 Å². The molecule has 3 aromatic rings. The van der Waals surface area contributed by atoms with Crippen molar-refractivity contribution in [1.29, 1.82) is 0 Å². The van der Waals surface area contributed by atoms with Gasteiger partial charge < -0.3 is 4.98 Å². The lowest BCUT2D eigenvalue weighted by molar-refractivity contribution is 0.922. The Hall–Kier alpha value is -2.28. The summed E-state index contributed by atoms with van der Waals surface area (Å²) >= 11 is 0. The number of hydrogen-bond acceptors (Lipinski definition) is 0. The molecule has 2 aromatic carbocycles. The molecule has 0 fully saturated rings. The molecule has 1 heterocycles. The summed E-state index contributed by atoms with van der Waals surface area (Å²) in [4.78, 5) is 3.36. The Morgan fingerprint density at radius 2 is 1.33 bits per heavy atom. The molecule has 0 saturated heterocycles. The summed E-state index contributed by atoms with van der Waals surface area (Å²) in [6.45, 7) is 0. The van der Waals surface area contributed by atoms with Crippen LogP contribution in [0, 0.1) is 0 Å². The number of rotatable bonds is 1. The zero-order valence-corrected chi connectivity index (χ0v) is 12.1. The highest BCUT2D eigenvalue weighted by Gasteiger charge is 2.09. The number of nitrogens with one attached hydrogen (secondary N) is 1. The second-order valence-electron chi connectivity index (χ2n) is 5.89. The first-order valence-corrected chi connectivity index (χ1v) is 7.72. The number of hydrogen-bond donors (Lipinski definition) is 1. The van der Waals surface area contributed by atoms with E-state index >= 15 is 0 Å². The highest BCUT2D eigenvalue weighted by atomic mass is 14.7. The van der Waals surface area contributed by atoms with E-state index in [1.54, 1.807) is 0 Å². The van der Waals surface area contributed by atoms with Gasteiger partial charge in [0, 0.05) is 17.5 Å². The third-order valence-electron chi connectivity index (χ3n) is 4.47. The monoisotopic (exact) mass is 273 g/mol. The second-order valence-corrected chi connectivity index (χ2v) is 5.89. The molecule has 1 heteroatoms. The standard InChI is InChI=1S/C20H19N/c1-2-20(21-13-1)19-14-17-8-7-15-3-5-16(6-4-15)9-11-18(19)12-10-17/h1-6,10,12-14,21H,7-9,11H2. The van der Waals surface area contributed by atoms with E-state index in [2.05, 4.69) is 59.6 Å². The average Bonchev–Trinajstić information content (AvgIpc) is 3.04. The van der Waals surface area contributed by atoms with Crippen LogP contribution in [0.4, 0.5) is 0 Å². The first-order chi connectivity index (χ1) is 10.4. The Morgan fingerprint density at radius 3 is 2.05 bits per heavy atom. The molecule has 104 valence electrons. The van der Waals surface area contributed by atoms with Crippen molar-refractivity contribution >= 4 is 0 Å². The fourth-order valence-electron chi connectivity index (χ4n) is 3.19. The minimum Gasteiger partial charge on any atom is -0.361 e. The van der Waals surface area contributed by atoms with Gasteiger partial charge in [0.15, 0.2) is 0 Å². The van der Waals surface area contributed by atoms with Gasteiger partial charge in [0.1, 0.15) is 0 Å². The summed E-state index contributed by atoms with van der Waals surface area (Å²) < 4.78 is 0. The van der Waals surface area contributed by atoms with Crippen molar-refractivity contribution in [3.05, 3.63) is 83.0 Å². The lowest BCUT2D eigenvalue weighted by Crippen LogP contribution is -2.00. The van der Waals surface area contributed by atoms with Crippen LogP contribution < -0.4 is 0 Å². The smallest absolute Gasteiger partial charge is 0.0456 e. The number of aromatic amines is 1. The van der Waals surface area contributed by atoms with Crippen LogP contribution in [0.1, 0.15) is 22.3 Å². The Morgan fingerprint density at radius 1 is 0.667 bits per heavy atom. The van der Waals surface area contributed by atoms with E-state index in [0.717, 1.165) is 25.7 Å². The van der Waals surface area contributed by atoms with Gasteiger partial charge in [-0.05, 0) is 66.1 Å². The third kappa shape index (κ3) is 2.52. The quantitative estimate of drug-likeness (QED) is 0.668. The van der Waals surface area contributed by atoms with Crippen molar-refractivity contribution in [1.82, 2.24) is 4.98 Å². The van der Waals surface area contributed by atoms with Gasteiger partial charge in [-0.25, -0.2) is 0 Å². The highest BCUT2D eigenvalue weighted by Crippen LogP contribution is 2.26. The van der Waals surface area contributed by atoms with Crippen molar-refractivity contribution in [2.24, 2.45) is 0 Å². The predicted molar refractivity (Wildman–Crippen MR) is 87.5 cm³/mol. The first-order valence-electron chi connectivity index (χ1n) is 7.72. The van der Waals surface area contributed by atoms with Crippen LogP contribution in [-0.2, 0) is 25.7 Å². The first kappa shape index (κ1) is 12.5. The van der Waals surface area contributed by atoms with E-state index in [1.165, 1.54) is 33.5 Å². The average molecular weight is 273 g/mol.